The van der Waals surface area contributed by atoms with E-state index in [4.69, 9.17) is 18.6 Å². The van der Waals surface area contributed by atoms with Crippen LogP contribution in [0.5, 0.6) is 17.2 Å². The smallest absolute Gasteiger partial charge is 0.328 e. The van der Waals surface area contributed by atoms with Crippen molar-refractivity contribution in [2.24, 2.45) is 0 Å². The van der Waals surface area contributed by atoms with Crippen molar-refractivity contribution in [1.82, 2.24) is 15.6 Å². The molecule has 1 aliphatic rings. The summed E-state index contributed by atoms with van der Waals surface area (Å²) in [5, 5.41) is 4.12. The van der Waals surface area contributed by atoms with Gasteiger partial charge in [-0.2, -0.15) is 0 Å². The Balaban J connectivity index is 1.26. The second-order valence-electron chi connectivity index (χ2n) is 8.52. The molecule has 1 fully saturated rings. The molecule has 0 spiro atoms. The zero-order valence-corrected chi connectivity index (χ0v) is 20.6. The number of amides is 4. The second kappa shape index (κ2) is 10.8. The highest BCUT2D eigenvalue weighted by atomic mass is 19.1. The first-order valence-electron chi connectivity index (χ1n) is 11.8. The SMILES string of the molecule is COCCC1(Oc2ccc(Oc3ccc(-c4ncc(-c5ccccc5F)o4)cc3)cc2)C(=O)NC(=O)NC1=O. The summed E-state index contributed by atoms with van der Waals surface area (Å²) >= 11 is 0. The second-order valence-corrected chi connectivity index (χ2v) is 8.52. The first kappa shape index (κ1) is 25.6. The van der Waals surface area contributed by atoms with Crippen LogP contribution in [0.15, 0.2) is 83.4 Å². The first-order chi connectivity index (χ1) is 18.9. The van der Waals surface area contributed by atoms with Gasteiger partial charge in [-0.05, 0) is 60.7 Å². The van der Waals surface area contributed by atoms with E-state index >= 15 is 0 Å². The molecule has 4 aromatic rings. The van der Waals surface area contributed by atoms with Crippen molar-refractivity contribution in [1.29, 1.82) is 0 Å². The van der Waals surface area contributed by atoms with Gasteiger partial charge in [0.05, 0.1) is 18.4 Å². The van der Waals surface area contributed by atoms with Crippen LogP contribution in [0.3, 0.4) is 0 Å². The molecule has 0 bridgehead atoms. The molecule has 0 atom stereocenters. The van der Waals surface area contributed by atoms with Gasteiger partial charge in [0.1, 0.15) is 23.1 Å². The van der Waals surface area contributed by atoms with Crippen molar-refractivity contribution in [3.8, 4) is 40.0 Å². The van der Waals surface area contributed by atoms with Crippen LogP contribution in [0.1, 0.15) is 6.42 Å². The van der Waals surface area contributed by atoms with Gasteiger partial charge in [-0.15, -0.1) is 0 Å². The van der Waals surface area contributed by atoms with E-state index in [0.29, 0.717) is 34.3 Å². The molecular formula is C28H22FN3O7. The maximum atomic E-state index is 14.0. The van der Waals surface area contributed by atoms with Gasteiger partial charge in [0.2, 0.25) is 5.89 Å². The number of rotatable bonds is 9. The Morgan fingerprint density at radius 3 is 2.13 bits per heavy atom. The number of carbonyl (C=O) groups is 3. The molecule has 2 heterocycles. The van der Waals surface area contributed by atoms with Crippen LogP contribution >= 0.6 is 0 Å². The highest BCUT2D eigenvalue weighted by Gasteiger charge is 2.52. The number of urea groups is 1. The molecule has 1 saturated heterocycles. The van der Waals surface area contributed by atoms with Gasteiger partial charge in [-0.1, -0.05) is 12.1 Å². The zero-order valence-electron chi connectivity index (χ0n) is 20.6. The zero-order chi connectivity index (χ0) is 27.4. The van der Waals surface area contributed by atoms with Crippen molar-refractivity contribution in [3.05, 3.63) is 84.8 Å². The van der Waals surface area contributed by atoms with Crippen LogP contribution in [-0.4, -0.2) is 42.1 Å². The molecule has 5 rings (SSSR count). The van der Waals surface area contributed by atoms with Gasteiger partial charge in [-0.25, -0.2) is 14.2 Å². The number of nitrogens with one attached hydrogen (secondary N) is 2. The number of aromatic nitrogens is 1. The van der Waals surface area contributed by atoms with E-state index in [1.807, 2.05) is 0 Å². The van der Waals surface area contributed by atoms with E-state index in [1.54, 1.807) is 54.6 Å². The highest BCUT2D eigenvalue weighted by molar-refractivity contribution is 6.21. The predicted molar refractivity (Wildman–Crippen MR) is 135 cm³/mol. The number of nitrogens with zero attached hydrogens (tertiary/aromatic N) is 1. The maximum absolute atomic E-state index is 14.0. The monoisotopic (exact) mass is 531 g/mol. The summed E-state index contributed by atoms with van der Waals surface area (Å²) < 4.78 is 36.4. The number of carbonyl (C=O) groups excluding carboxylic acids is 3. The largest absolute Gasteiger partial charge is 0.467 e. The quantitative estimate of drug-likeness (QED) is 0.303. The molecule has 3 aromatic carbocycles. The Kier molecular flexibility index (Phi) is 7.06. The number of ether oxygens (including phenoxy) is 3. The van der Waals surface area contributed by atoms with Crippen LogP contribution in [0.4, 0.5) is 9.18 Å². The van der Waals surface area contributed by atoms with Crippen LogP contribution in [-0.2, 0) is 14.3 Å². The Labute approximate surface area is 221 Å². The number of methoxy groups -OCH3 is 1. The summed E-state index contributed by atoms with van der Waals surface area (Å²) in [5.41, 5.74) is -0.960. The first-order valence-corrected chi connectivity index (χ1v) is 11.8. The minimum atomic E-state index is -1.96. The lowest BCUT2D eigenvalue weighted by atomic mass is 9.95. The molecule has 39 heavy (non-hydrogen) atoms. The average molecular weight is 531 g/mol. The molecule has 1 aliphatic heterocycles. The fourth-order valence-corrected chi connectivity index (χ4v) is 3.93. The van der Waals surface area contributed by atoms with Crippen LogP contribution in [0, 0.1) is 5.82 Å². The molecule has 4 amide bonds. The molecule has 2 N–H and O–H groups in total. The Hall–Kier alpha value is -5.03. The molecule has 1 aromatic heterocycles. The standard InChI is InChI=1S/C28H22FN3O7/c1-36-15-14-28(25(33)31-27(35)32-26(28)34)39-20-12-10-19(11-13-20)37-18-8-6-17(7-9-18)24-30-16-23(38-24)21-4-2-3-5-22(21)29/h2-13,16H,14-15H2,1H3,(H2,31,32,33,34,35). The van der Waals surface area contributed by atoms with Gasteiger partial charge in [-0.3, -0.25) is 20.2 Å². The highest BCUT2D eigenvalue weighted by Crippen LogP contribution is 2.31. The Morgan fingerprint density at radius 2 is 1.49 bits per heavy atom. The molecule has 10 nitrogen and oxygen atoms in total. The van der Waals surface area contributed by atoms with Crippen molar-refractivity contribution in [2.45, 2.75) is 12.0 Å². The van der Waals surface area contributed by atoms with Gasteiger partial charge >= 0.3 is 6.03 Å². The predicted octanol–water partition coefficient (Wildman–Crippen LogP) is 4.46. The topological polar surface area (TPSA) is 129 Å². The van der Waals surface area contributed by atoms with Crippen molar-refractivity contribution >= 4 is 17.8 Å². The van der Waals surface area contributed by atoms with E-state index in [0.717, 1.165) is 0 Å². The van der Waals surface area contributed by atoms with Gasteiger partial charge in [0.25, 0.3) is 17.4 Å². The summed E-state index contributed by atoms with van der Waals surface area (Å²) in [4.78, 5) is 40.8. The normalized spacial score (nSPS) is 14.5. The van der Waals surface area contributed by atoms with Crippen molar-refractivity contribution in [3.63, 3.8) is 0 Å². The number of benzene rings is 3. The van der Waals surface area contributed by atoms with Crippen LogP contribution < -0.4 is 20.1 Å². The molecule has 0 radical (unpaired) electrons. The van der Waals surface area contributed by atoms with Crippen LogP contribution in [0.2, 0.25) is 0 Å². The minimum absolute atomic E-state index is 0.0458. The summed E-state index contributed by atoms with van der Waals surface area (Å²) in [6.07, 6.45) is 1.37. The summed E-state index contributed by atoms with van der Waals surface area (Å²) in [7, 11) is 1.42. The molecule has 11 heteroatoms. The van der Waals surface area contributed by atoms with Crippen LogP contribution in [0.25, 0.3) is 22.8 Å². The third-order valence-corrected chi connectivity index (χ3v) is 5.94. The third kappa shape index (κ3) is 5.34. The van der Waals surface area contributed by atoms with E-state index < -0.39 is 29.3 Å². The molecular weight excluding hydrogens is 509 g/mol. The van der Waals surface area contributed by atoms with E-state index in [-0.39, 0.29) is 18.8 Å². The van der Waals surface area contributed by atoms with E-state index in [1.165, 1.54) is 31.5 Å². The lowest BCUT2D eigenvalue weighted by molar-refractivity contribution is -0.153. The number of hydrogen-bond donors (Lipinski definition) is 2. The fraction of sp³-hybridized carbons (Fsp3) is 0.143. The lowest BCUT2D eigenvalue weighted by Gasteiger charge is -2.34. The van der Waals surface area contributed by atoms with Gasteiger partial charge in [0, 0.05) is 19.1 Å². The molecule has 0 saturated carbocycles. The number of barbiturate groups is 1. The van der Waals surface area contributed by atoms with Gasteiger partial charge < -0.3 is 18.6 Å². The lowest BCUT2D eigenvalue weighted by Crippen LogP contribution is -2.69. The van der Waals surface area contributed by atoms with E-state index in [2.05, 4.69) is 15.6 Å². The van der Waals surface area contributed by atoms with Crippen molar-refractivity contribution < 1.29 is 37.4 Å². The summed E-state index contributed by atoms with van der Waals surface area (Å²) in [5.74, 6) is -0.290. The third-order valence-electron chi connectivity index (χ3n) is 5.94. The summed E-state index contributed by atoms with van der Waals surface area (Å²) in [6.45, 7) is 0.0458. The minimum Gasteiger partial charge on any atom is -0.467 e. The molecule has 198 valence electrons. The number of hydrogen-bond acceptors (Lipinski definition) is 8. The number of imide groups is 2. The fourth-order valence-electron chi connectivity index (χ4n) is 3.93. The van der Waals surface area contributed by atoms with Gasteiger partial charge in [0.15, 0.2) is 5.76 Å². The molecule has 0 aliphatic carbocycles. The Bertz CT molecular complexity index is 1500. The summed E-state index contributed by atoms with van der Waals surface area (Å²) in [6, 6.07) is 18.6. The van der Waals surface area contributed by atoms with E-state index in [9.17, 15) is 18.8 Å². The maximum Gasteiger partial charge on any atom is 0.328 e. The number of halogens is 1. The Morgan fingerprint density at radius 1 is 0.872 bits per heavy atom. The average Bonchev–Trinajstić information content (AvgIpc) is 3.42. The number of oxazole rings is 1. The molecule has 0 unspecified atom stereocenters. The van der Waals surface area contributed by atoms with Crippen molar-refractivity contribution in [2.75, 3.05) is 13.7 Å².